The topological polar surface area (TPSA) is 118 Å². The maximum absolute atomic E-state index is 13.5. The zero-order valence-corrected chi connectivity index (χ0v) is 33.5. The molecule has 0 amide bonds. The van der Waals surface area contributed by atoms with Gasteiger partial charge in [0.2, 0.25) is 0 Å². The van der Waals surface area contributed by atoms with Crippen molar-refractivity contribution in [3.63, 3.8) is 0 Å². The van der Waals surface area contributed by atoms with Crippen LogP contribution in [-0.2, 0) is 31.9 Å². The summed E-state index contributed by atoms with van der Waals surface area (Å²) in [5.74, 6) is -1.39. The number of aryl methyl sites for hydroxylation is 2. The quantitative estimate of drug-likeness (QED) is 0.0848. The number of fused-ring (bicyclic) bond motifs is 1. The number of rotatable bonds is 13. The Morgan fingerprint density at radius 1 is 0.625 bits per heavy atom. The van der Waals surface area contributed by atoms with Gasteiger partial charge >= 0.3 is 23.9 Å². The summed E-state index contributed by atoms with van der Waals surface area (Å²) in [6.45, 7) is 4.24. The van der Waals surface area contributed by atoms with Crippen LogP contribution in [0.5, 0.6) is 11.5 Å². The van der Waals surface area contributed by atoms with E-state index < -0.39 is 0 Å². The second-order valence-corrected chi connectivity index (χ2v) is 16.7. The molecular formula is C45H47NO8S2. The van der Waals surface area contributed by atoms with Crippen LogP contribution in [0.4, 0.5) is 0 Å². The van der Waals surface area contributed by atoms with Crippen molar-refractivity contribution in [1.29, 1.82) is 0 Å². The molecular weight excluding hydrogens is 747 g/mol. The lowest BCUT2D eigenvalue weighted by molar-refractivity contribution is -0.141. The first kappa shape index (κ1) is 39.4. The number of carbonyl (C=O) groups excluding carboxylic acids is 4. The van der Waals surface area contributed by atoms with E-state index in [0.717, 1.165) is 35.6 Å². The van der Waals surface area contributed by atoms with Crippen molar-refractivity contribution < 1.29 is 38.1 Å². The highest BCUT2D eigenvalue weighted by molar-refractivity contribution is 7.25. The number of thiazole rings is 1. The predicted octanol–water partition coefficient (Wildman–Crippen LogP) is 10.6. The molecule has 11 heteroatoms. The molecule has 0 unspecified atom stereocenters. The van der Waals surface area contributed by atoms with E-state index >= 15 is 0 Å². The molecule has 0 bridgehead atoms. The molecule has 5 aromatic rings. The average molecular weight is 794 g/mol. The molecule has 9 nitrogen and oxygen atoms in total. The summed E-state index contributed by atoms with van der Waals surface area (Å²) in [4.78, 5) is 58.4. The highest BCUT2D eigenvalue weighted by atomic mass is 32.1. The van der Waals surface area contributed by atoms with E-state index in [1.807, 2.05) is 66.0 Å². The van der Waals surface area contributed by atoms with Gasteiger partial charge in [-0.1, -0.05) is 57.0 Å². The average Bonchev–Trinajstić information content (AvgIpc) is 3.92. The van der Waals surface area contributed by atoms with Crippen LogP contribution in [0.2, 0.25) is 0 Å². The van der Waals surface area contributed by atoms with E-state index in [0.29, 0.717) is 84.2 Å². The number of hydrogen-bond donors (Lipinski definition) is 0. The Bertz CT molecular complexity index is 1990. The molecule has 3 aromatic carbocycles. The van der Waals surface area contributed by atoms with E-state index in [1.54, 1.807) is 23.5 Å². The van der Waals surface area contributed by atoms with Crippen LogP contribution in [0.1, 0.15) is 110 Å². The first-order valence-electron chi connectivity index (χ1n) is 19.8. The lowest BCUT2D eigenvalue weighted by Gasteiger charge is -2.27. The van der Waals surface area contributed by atoms with Gasteiger partial charge in [0.1, 0.15) is 27.4 Å². The zero-order chi connectivity index (χ0) is 39.0. The normalized spacial score (nSPS) is 19.6. The van der Waals surface area contributed by atoms with Crippen molar-refractivity contribution in [3.05, 3.63) is 100 Å². The fraction of sp³-hybridized carbons (Fsp3) is 0.400. The molecule has 2 fully saturated rings. The fourth-order valence-corrected chi connectivity index (χ4v) is 9.30. The maximum atomic E-state index is 13.5. The minimum absolute atomic E-state index is 0.254. The summed E-state index contributed by atoms with van der Waals surface area (Å²) in [5, 5.41) is 2.71. The molecule has 0 saturated heterocycles. The van der Waals surface area contributed by atoms with Gasteiger partial charge in [0.15, 0.2) is 11.5 Å². The third kappa shape index (κ3) is 9.56. The highest BCUT2D eigenvalue weighted by Gasteiger charge is 2.33. The Labute approximate surface area is 335 Å². The van der Waals surface area contributed by atoms with Gasteiger partial charge < -0.3 is 18.9 Å². The minimum Gasteiger partial charge on any atom is -0.459 e. The Morgan fingerprint density at radius 2 is 1.11 bits per heavy atom. The molecule has 2 aliphatic rings. The van der Waals surface area contributed by atoms with Crippen molar-refractivity contribution in [3.8, 4) is 21.4 Å². The van der Waals surface area contributed by atoms with E-state index in [1.165, 1.54) is 22.5 Å². The summed E-state index contributed by atoms with van der Waals surface area (Å²) in [6.07, 6.45) is 7.96. The minimum atomic E-state index is -0.357. The number of esters is 4. The van der Waals surface area contributed by atoms with Crippen LogP contribution < -0.4 is 9.47 Å². The SMILES string of the molecule is CCCc1ccc(C(=O)OC2CCC(C(=O)Oc3ccc(OC(=O)C4CCC(OC(=O)c5ccc(CCC)cc5)CC4)c4sc(-c5cccs5)nc34)CC2)cc1. The number of nitrogens with zero attached hydrogens (tertiary/aromatic N) is 1. The van der Waals surface area contributed by atoms with Crippen LogP contribution in [0, 0.1) is 11.8 Å². The Balaban J connectivity index is 0.954. The van der Waals surface area contributed by atoms with Crippen LogP contribution in [-0.4, -0.2) is 41.1 Å². The zero-order valence-electron chi connectivity index (χ0n) is 31.8. The van der Waals surface area contributed by atoms with Crippen LogP contribution in [0.25, 0.3) is 20.1 Å². The number of ether oxygens (including phenoxy) is 4. The van der Waals surface area contributed by atoms with Crippen LogP contribution >= 0.6 is 22.7 Å². The second kappa shape index (κ2) is 18.4. The molecule has 2 saturated carbocycles. The molecule has 7 rings (SSSR count). The lowest BCUT2D eigenvalue weighted by Crippen LogP contribution is -2.30. The molecule has 0 spiro atoms. The number of thiophene rings is 1. The van der Waals surface area contributed by atoms with Gasteiger partial charge in [0.05, 0.1) is 27.8 Å². The first-order valence-corrected chi connectivity index (χ1v) is 21.5. The van der Waals surface area contributed by atoms with Crippen molar-refractivity contribution in [2.75, 3.05) is 0 Å². The molecule has 2 aromatic heterocycles. The third-order valence-electron chi connectivity index (χ3n) is 10.6. The van der Waals surface area contributed by atoms with Crippen molar-refractivity contribution in [2.45, 2.75) is 103 Å². The Hall–Kier alpha value is -4.87. The van der Waals surface area contributed by atoms with Gasteiger partial charge in [-0.05, 0) is 123 Å². The van der Waals surface area contributed by atoms with Crippen LogP contribution in [0.15, 0.2) is 78.2 Å². The monoisotopic (exact) mass is 793 g/mol. The molecule has 0 N–H and O–H groups in total. The van der Waals surface area contributed by atoms with Crippen molar-refractivity contribution in [2.24, 2.45) is 11.8 Å². The Kier molecular flexibility index (Phi) is 12.9. The first-order chi connectivity index (χ1) is 27.3. The third-order valence-corrected chi connectivity index (χ3v) is 12.8. The van der Waals surface area contributed by atoms with Crippen molar-refractivity contribution >= 4 is 56.8 Å². The molecule has 0 aliphatic heterocycles. The van der Waals surface area contributed by atoms with E-state index in [-0.39, 0.29) is 47.9 Å². The molecule has 2 aliphatic carbocycles. The highest BCUT2D eigenvalue weighted by Crippen LogP contribution is 2.43. The number of hydrogen-bond acceptors (Lipinski definition) is 11. The van der Waals surface area contributed by atoms with Gasteiger partial charge in [-0.2, -0.15) is 0 Å². The number of benzene rings is 3. The van der Waals surface area contributed by atoms with E-state index in [4.69, 9.17) is 23.9 Å². The van der Waals surface area contributed by atoms with E-state index in [2.05, 4.69) is 13.8 Å². The summed E-state index contributed by atoms with van der Waals surface area (Å²) >= 11 is 2.93. The smallest absolute Gasteiger partial charge is 0.338 e. The fourth-order valence-electron chi connectivity index (χ4n) is 7.48. The molecule has 0 radical (unpaired) electrons. The number of carbonyl (C=O) groups is 4. The second-order valence-electron chi connectivity index (χ2n) is 14.7. The standard InChI is InChI=1S/C45H47NO8S2/c1-3-6-28-9-13-30(14-10-28)42(47)51-34-21-17-32(18-22-34)44(49)53-36-25-26-37(40-39(36)46-41(56-40)38-8-5-27-55-38)54-45(50)33-19-23-35(24-20-33)52-43(48)31-15-11-29(7-4-2)12-16-31/h5,8-16,25-27,32-35H,3-4,6-7,17-24H2,1-2H3. The molecule has 56 heavy (non-hydrogen) atoms. The van der Waals surface area contributed by atoms with Gasteiger partial charge in [-0.3, -0.25) is 9.59 Å². The van der Waals surface area contributed by atoms with E-state index in [9.17, 15) is 19.2 Å². The van der Waals surface area contributed by atoms with Gasteiger partial charge in [0.25, 0.3) is 0 Å². The summed E-state index contributed by atoms with van der Waals surface area (Å²) in [7, 11) is 0. The molecule has 2 heterocycles. The molecule has 0 atom stereocenters. The summed E-state index contributed by atoms with van der Waals surface area (Å²) < 4.78 is 24.2. The van der Waals surface area contributed by atoms with Gasteiger partial charge in [-0.25, -0.2) is 14.6 Å². The van der Waals surface area contributed by atoms with Gasteiger partial charge in [0, 0.05) is 0 Å². The molecule has 292 valence electrons. The predicted molar refractivity (Wildman–Crippen MR) is 217 cm³/mol. The van der Waals surface area contributed by atoms with Crippen LogP contribution in [0.3, 0.4) is 0 Å². The number of aromatic nitrogens is 1. The largest absolute Gasteiger partial charge is 0.459 e. The maximum Gasteiger partial charge on any atom is 0.338 e. The van der Waals surface area contributed by atoms with Crippen molar-refractivity contribution in [1.82, 2.24) is 4.98 Å². The Morgan fingerprint density at radius 3 is 1.57 bits per heavy atom. The summed E-state index contributed by atoms with van der Waals surface area (Å²) in [5.41, 5.74) is 3.91. The van der Waals surface area contributed by atoms with Gasteiger partial charge in [-0.15, -0.1) is 22.7 Å². The summed E-state index contributed by atoms with van der Waals surface area (Å²) in [6, 6.07) is 22.3. The lowest BCUT2D eigenvalue weighted by atomic mass is 9.87.